The van der Waals surface area contributed by atoms with E-state index in [1.807, 2.05) is 42.5 Å². The van der Waals surface area contributed by atoms with E-state index in [2.05, 4.69) is 29.6 Å². The molecule has 0 unspecified atom stereocenters. The van der Waals surface area contributed by atoms with E-state index in [9.17, 15) is 13.2 Å². The first kappa shape index (κ1) is 25.5. The number of carbonyl (C=O) groups is 1. The Morgan fingerprint density at radius 3 is 2.24 bits per heavy atom. The summed E-state index contributed by atoms with van der Waals surface area (Å²) in [5.74, 6) is 0.709. The predicted molar refractivity (Wildman–Crippen MR) is 132 cm³/mol. The summed E-state index contributed by atoms with van der Waals surface area (Å²) in [6, 6.07) is 21.3. The number of benzene rings is 3. The highest BCUT2D eigenvalue weighted by molar-refractivity contribution is 7.85. The molecule has 0 aliphatic heterocycles. The van der Waals surface area contributed by atoms with Crippen LogP contribution in [0.15, 0.2) is 66.7 Å². The highest BCUT2D eigenvalue weighted by atomic mass is 32.2. The largest absolute Gasteiger partial charge is 0.489 e. The summed E-state index contributed by atoms with van der Waals surface area (Å²) in [4.78, 5) is 12.2. The second-order valence-corrected chi connectivity index (χ2v) is 10.8. The summed E-state index contributed by atoms with van der Waals surface area (Å²) in [5.41, 5.74) is 1.29. The van der Waals surface area contributed by atoms with Gasteiger partial charge in [-0.15, -0.1) is 0 Å². The molecule has 0 aliphatic carbocycles. The second kappa shape index (κ2) is 10.9. The number of fused-ring (bicyclic) bond motifs is 1. The van der Waals surface area contributed by atoms with Crippen LogP contribution in [0.5, 0.6) is 5.75 Å². The Balaban J connectivity index is 1.60. The molecule has 34 heavy (non-hydrogen) atoms. The van der Waals surface area contributed by atoms with Gasteiger partial charge in [-0.05, 0) is 67.3 Å². The first-order chi connectivity index (χ1) is 16.0. The van der Waals surface area contributed by atoms with E-state index in [1.54, 1.807) is 20.8 Å². The smallest absolute Gasteiger partial charge is 0.407 e. The molecule has 8 heteroatoms. The van der Waals surface area contributed by atoms with Gasteiger partial charge in [-0.3, -0.25) is 4.18 Å². The van der Waals surface area contributed by atoms with Gasteiger partial charge in [-0.1, -0.05) is 48.5 Å². The summed E-state index contributed by atoms with van der Waals surface area (Å²) < 4.78 is 39.0. The molecule has 0 spiro atoms. The monoisotopic (exact) mass is 485 g/mol. The molecule has 0 saturated carbocycles. The zero-order valence-corrected chi connectivity index (χ0v) is 20.7. The summed E-state index contributed by atoms with van der Waals surface area (Å²) in [6.45, 7) is 5.51. The fourth-order valence-corrected chi connectivity index (χ4v) is 3.74. The van der Waals surface area contributed by atoms with Gasteiger partial charge in [0.1, 0.15) is 18.0 Å². The normalized spacial score (nSPS) is 12.8. The van der Waals surface area contributed by atoms with Crippen molar-refractivity contribution in [3.8, 4) is 5.75 Å². The van der Waals surface area contributed by atoms with Crippen LogP contribution in [-0.2, 0) is 32.1 Å². The van der Waals surface area contributed by atoms with Crippen molar-refractivity contribution in [2.45, 2.75) is 45.4 Å². The molecule has 3 aromatic rings. The van der Waals surface area contributed by atoms with Crippen molar-refractivity contribution in [3.05, 3.63) is 77.9 Å². The maximum atomic E-state index is 12.2. The van der Waals surface area contributed by atoms with Gasteiger partial charge in [0, 0.05) is 0 Å². The molecule has 0 bridgehead atoms. The van der Waals surface area contributed by atoms with E-state index in [0.29, 0.717) is 18.8 Å². The molecule has 7 nitrogen and oxygen atoms in total. The maximum Gasteiger partial charge on any atom is 0.407 e. The van der Waals surface area contributed by atoms with Crippen LogP contribution in [0.4, 0.5) is 4.79 Å². The van der Waals surface area contributed by atoms with Crippen LogP contribution in [0.3, 0.4) is 0 Å². The Kier molecular flexibility index (Phi) is 8.17. The van der Waals surface area contributed by atoms with E-state index < -0.39 is 27.9 Å². The number of ether oxygens (including phenoxy) is 2. The molecule has 0 aromatic heterocycles. The third-order valence-corrected chi connectivity index (χ3v) is 5.39. The standard InChI is InChI=1S/C26H31NO6S/c1-26(2,3)33-25(28)27-23(18-32-34(4,29)30)16-19-10-13-24(14-11-19)31-17-20-9-12-21-7-5-6-8-22(21)15-20/h5-15,23H,16-18H2,1-4H3,(H,27,28)/t23-/m0/s1. The summed E-state index contributed by atoms with van der Waals surface area (Å²) in [7, 11) is -3.65. The van der Waals surface area contributed by atoms with Gasteiger partial charge in [-0.2, -0.15) is 8.42 Å². The molecule has 0 heterocycles. The van der Waals surface area contributed by atoms with Gasteiger partial charge < -0.3 is 14.8 Å². The van der Waals surface area contributed by atoms with Crippen molar-refractivity contribution >= 4 is 27.0 Å². The molecular formula is C26H31NO6S. The van der Waals surface area contributed by atoms with Gasteiger partial charge >= 0.3 is 6.09 Å². The Morgan fingerprint density at radius 1 is 0.941 bits per heavy atom. The predicted octanol–water partition coefficient (Wildman–Crippen LogP) is 4.83. The van der Waals surface area contributed by atoms with Crippen LogP contribution in [0.1, 0.15) is 31.9 Å². The Hall–Kier alpha value is -3.10. The topological polar surface area (TPSA) is 90.9 Å². The molecule has 3 aromatic carbocycles. The van der Waals surface area contributed by atoms with E-state index in [1.165, 1.54) is 10.8 Å². The fourth-order valence-electron chi connectivity index (χ4n) is 3.33. The number of hydrogen-bond acceptors (Lipinski definition) is 6. The van der Waals surface area contributed by atoms with Crippen molar-refractivity contribution in [1.82, 2.24) is 5.32 Å². The average Bonchev–Trinajstić information content (AvgIpc) is 2.75. The molecule has 1 N–H and O–H groups in total. The quantitative estimate of drug-likeness (QED) is 0.437. The highest BCUT2D eigenvalue weighted by Gasteiger charge is 2.21. The molecule has 0 radical (unpaired) electrons. The highest BCUT2D eigenvalue weighted by Crippen LogP contribution is 2.19. The van der Waals surface area contributed by atoms with Crippen LogP contribution in [0.2, 0.25) is 0 Å². The minimum Gasteiger partial charge on any atom is -0.489 e. The van der Waals surface area contributed by atoms with E-state index in [-0.39, 0.29) is 6.61 Å². The third-order valence-electron chi connectivity index (χ3n) is 4.83. The third kappa shape index (κ3) is 8.68. The lowest BCUT2D eigenvalue weighted by Gasteiger charge is -2.23. The number of rotatable bonds is 9. The zero-order valence-electron chi connectivity index (χ0n) is 19.9. The van der Waals surface area contributed by atoms with Crippen molar-refractivity contribution in [3.63, 3.8) is 0 Å². The lowest BCUT2D eigenvalue weighted by atomic mass is 10.1. The van der Waals surface area contributed by atoms with Gasteiger partial charge in [0.2, 0.25) is 0 Å². The average molecular weight is 486 g/mol. The first-order valence-electron chi connectivity index (χ1n) is 11.0. The van der Waals surface area contributed by atoms with Gasteiger partial charge in [0.05, 0.1) is 18.9 Å². The number of nitrogens with one attached hydrogen (secondary N) is 1. The summed E-state index contributed by atoms with van der Waals surface area (Å²) >= 11 is 0. The minimum atomic E-state index is -3.65. The lowest BCUT2D eigenvalue weighted by molar-refractivity contribution is 0.0488. The SMILES string of the molecule is CC(C)(C)OC(=O)N[C@H](COS(C)(=O)=O)Cc1ccc(OCc2ccc3ccccc3c2)cc1. The van der Waals surface area contributed by atoms with Crippen LogP contribution in [0, 0.1) is 0 Å². The van der Waals surface area contributed by atoms with E-state index in [0.717, 1.165) is 17.4 Å². The second-order valence-electron chi connectivity index (χ2n) is 9.15. The molecule has 0 fully saturated rings. The van der Waals surface area contributed by atoms with Crippen LogP contribution >= 0.6 is 0 Å². The Labute approximate surface area is 201 Å². The maximum absolute atomic E-state index is 12.2. The zero-order chi connectivity index (χ0) is 24.8. The minimum absolute atomic E-state index is 0.196. The van der Waals surface area contributed by atoms with E-state index in [4.69, 9.17) is 13.7 Å². The van der Waals surface area contributed by atoms with Crippen LogP contribution < -0.4 is 10.1 Å². The molecule has 1 amide bonds. The molecule has 182 valence electrons. The lowest BCUT2D eigenvalue weighted by Crippen LogP contribution is -2.43. The Morgan fingerprint density at radius 2 is 1.59 bits per heavy atom. The summed E-state index contributed by atoms with van der Waals surface area (Å²) in [6.07, 6.45) is 0.698. The fraction of sp³-hybridized carbons (Fsp3) is 0.346. The van der Waals surface area contributed by atoms with Crippen LogP contribution in [0.25, 0.3) is 10.8 Å². The summed E-state index contributed by atoms with van der Waals surface area (Å²) in [5, 5.41) is 5.04. The van der Waals surface area contributed by atoms with Gasteiger partial charge in [0.15, 0.2) is 0 Å². The molecule has 3 rings (SSSR count). The molecule has 1 atom stereocenters. The number of amides is 1. The van der Waals surface area contributed by atoms with Crippen LogP contribution in [-0.4, -0.2) is 39.0 Å². The van der Waals surface area contributed by atoms with Crippen molar-refractivity contribution < 1.29 is 26.9 Å². The number of hydrogen-bond donors (Lipinski definition) is 1. The first-order valence-corrected chi connectivity index (χ1v) is 12.8. The molecule has 0 saturated heterocycles. The van der Waals surface area contributed by atoms with Crippen molar-refractivity contribution in [1.29, 1.82) is 0 Å². The number of alkyl carbamates (subject to hydrolysis) is 1. The number of carbonyl (C=O) groups excluding carboxylic acids is 1. The Bertz CT molecular complexity index is 1220. The van der Waals surface area contributed by atoms with Gasteiger partial charge in [0.25, 0.3) is 10.1 Å². The molecular weight excluding hydrogens is 454 g/mol. The van der Waals surface area contributed by atoms with Crippen molar-refractivity contribution in [2.24, 2.45) is 0 Å². The molecule has 0 aliphatic rings. The van der Waals surface area contributed by atoms with E-state index >= 15 is 0 Å². The van der Waals surface area contributed by atoms with Crippen molar-refractivity contribution in [2.75, 3.05) is 12.9 Å². The van der Waals surface area contributed by atoms with Gasteiger partial charge in [-0.25, -0.2) is 4.79 Å².